The van der Waals surface area contributed by atoms with Gasteiger partial charge in [-0.1, -0.05) is 60.7 Å². The smallest absolute Gasteiger partial charge is 0.413 e. The number of hydrogen-bond acceptors (Lipinski definition) is 15. The van der Waals surface area contributed by atoms with Crippen molar-refractivity contribution < 1.29 is 47.7 Å². The van der Waals surface area contributed by atoms with E-state index in [4.69, 9.17) is 36.3 Å². The number of rotatable bonds is 13. The summed E-state index contributed by atoms with van der Waals surface area (Å²) in [4.78, 5) is 80.0. The van der Waals surface area contributed by atoms with Crippen molar-refractivity contribution in [2.75, 3.05) is 52.0 Å². The fourth-order valence-corrected chi connectivity index (χ4v) is 5.19. The van der Waals surface area contributed by atoms with Crippen LogP contribution in [0.3, 0.4) is 0 Å². The second kappa shape index (κ2) is 25.4. The number of carbonyl (C=O) groups is 6. The molecule has 0 aliphatic rings. The molecule has 308 valence electrons. The van der Waals surface area contributed by atoms with E-state index in [0.29, 0.717) is 10.8 Å². The second-order valence-electron chi connectivity index (χ2n) is 11.4. The Bertz CT molecular complexity index is 1880. The first-order valence-corrected chi connectivity index (χ1v) is 19.1. The summed E-state index contributed by atoms with van der Waals surface area (Å²) in [6.07, 6.45) is -1.30. The third-order valence-electron chi connectivity index (χ3n) is 6.59. The minimum Gasteiger partial charge on any atom is -0.465 e. The molecule has 0 bridgehead atoms. The van der Waals surface area contributed by atoms with Gasteiger partial charge >= 0.3 is 35.5 Å². The van der Waals surface area contributed by atoms with E-state index in [9.17, 15) is 28.8 Å². The Labute approximate surface area is 342 Å². The number of anilines is 2. The molecule has 4 rings (SSSR count). The molecule has 0 saturated carbocycles. The van der Waals surface area contributed by atoms with Crippen LogP contribution < -0.4 is 21.7 Å². The molecule has 0 aliphatic carbocycles. The zero-order valence-corrected chi connectivity index (χ0v) is 34.4. The zero-order valence-electron chi connectivity index (χ0n) is 32.1. The van der Waals surface area contributed by atoms with Gasteiger partial charge in [0.2, 0.25) is 0 Å². The highest BCUT2D eigenvalue weighted by molar-refractivity contribution is 7.14. The van der Waals surface area contributed by atoms with Crippen LogP contribution in [-0.4, -0.2) is 96.7 Å². The lowest BCUT2D eigenvalue weighted by Gasteiger charge is -2.18. The van der Waals surface area contributed by atoms with Gasteiger partial charge in [-0.2, -0.15) is 0 Å². The number of urea groups is 1. The second-order valence-corrected chi connectivity index (χ2v) is 13.5. The number of aromatic nitrogens is 2. The largest absolute Gasteiger partial charge is 0.465 e. The number of carbonyl (C=O) groups excluding carboxylic acids is 6. The molecule has 0 radical (unpaired) electrons. The Hall–Kier alpha value is -5.83. The van der Waals surface area contributed by atoms with Crippen LogP contribution in [0.1, 0.15) is 48.4 Å². The first-order valence-electron chi connectivity index (χ1n) is 16.9. The van der Waals surface area contributed by atoms with E-state index in [-0.39, 0.29) is 37.3 Å². The van der Waals surface area contributed by atoms with Gasteiger partial charge in [0, 0.05) is 39.0 Å². The van der Waals surface area contributed by atoms with Crippen LogP contribution in [0.5, 0.6) is 0 Å². The van der Waals surface area contributed by atoms with Crippen LogP contribution in [0.4, 0.5) is 29.4 Å². The molecule has 18 nitrogen and oxygen atoms in total. The number of amides is 5. The number of nitrogens with one attached hydrogen (secondary N) is 3. The molecular formula is C36H45ClN8O10S2. The molecule has 5 N–H and O–H groups in total. The van der Waals surface area contributed by atoms with Crippen molar-refractivity contribution in [3.05, 3.63) is 93.9 Å². The van der Waals surface area contributed by atoms with Gasteiger partial charge in [-0.15, -0.1) is 22.7 Å². The quantitative estimate of drug-likeness (QED) is 0.0514. The minimum atomic E-state index is -1.08. The van der Waals surface area contributed by atoms with E-state index in [1.165, 1.54) is 9.80 Å². The minimum absolute atomic E-state index is 0.120. The molecule has 5 amide bonds. The highest BCUT2D eigenvalue weighted by atomic mass is 35.5. The number of thiazole rings is 2. The molecule has 21 heteroatoms. The van der Waals surface area contributed by atoms with Gasteiger partial charge in [0.05, 0.1) is 24.6 Å². The Morgan fingerprint density at radius 3 is 1.53 bits per heavy atom. The molecule has 2 unspecified atom stereocenters. The monoisotopic (exact) mass is 848 g/mol. The molecule has 2 atom stereocenters. The maximum absolute atomic E-state index is 12.2. The van der Waals surface area contributed by atoms with Crippen LogP contribution in [0.15, 0.2) is 71.4 Å². The van der Waals surface area contributed by atoms with Gasteiger partial charge in [0.15, 0.2) is 16.3 Å². The van der Waals surface area contributed by atoms with Crippen LogP contribution in [-0.2, 0) is 41.8 Å². The van der Waals surface area contributed by atoms with E-state index >= 15 is 0 Å². The third-order valence-corrected chi connectivity index (χ3v) is 8.48. The summed E-state index contributed by atoms with van der Waals surface area (Å²) in [6, 6.07) is 16.0. The number of esters is 2. The Morgan fingerprint density at radius 1 is 0.684 bits per heavy atom. The van der Waals surface area contributed by atoms with E-state index in [2.05, 4.69) is 25.9 Å². The first kappa shape index (κ1) is 47.3. The maximum Gasteiger partial charge on any atom is 0.413 e. The van der Waals surface area contributed by atoms with Crippen molar-refractivity contribution in [2.45, 2.75) is 39.1 Å². The molecule has 2 aromatic carbocycles. The van der Waals surface area contributed by atoms with E-state index < -0.39 is 47.6 Å². The molecule has 0 aliphatic heterocycles. The van der Waals surface area contributed by atoms with Crippen molar-refractivity contribution in [3.8, 4) is 0 Å². The first-order chi connectivity index (χ1) is 27.1. The predicted molar refractivity (Wildman–Crippen MR) is 215 cm³/mol. The van der Waals surface area contributed by atoms with Gasteiger partial charge in [-0.25, -0.2) is 33.9 Å². The number of ether oxygens (including phenoxy) is 4. The van der Waals surface area contributed by atoms with Gasteiger partial charge in [0.25, 0.3) is 0 Å². The van der Waals surface area contributed by atoms with Crippen LogP contribution in [0.2, 0.25) is 0 Å². The van der Waals surface area contributed by atoms with Crippen LogP contribution in [0.25, 0.3) is 0 Å². The summed E-state index contributed by atoms with van der Waals surface area (Å²) < 4.78 is 20.0. The molecular weight excluding hydrogens is 804 g/mol. The van der Waals surface area contributed by atoms with Crippen molar-refractivity contribution >= 4 is 80.1 Å². The van der Waals surface area contributed by atoms with Crippen molar-refractivity contribution in [1.82, 2.24) is 25.1 Å². The number of nitrogens with two attached hydrogens (primary N) is 1. The molecule has 0 fully saturated rings. The molecule has 0 saturated heterocycles. The van der Waals surface area contributed by atoms with Gasteiger partial charge < -0.3 is 39.8 Å². The predicted octanol–water partition coefficient (Wildman–Crippen LogP) is 6.13. The van der Waals surface area contributed by atoms with Crippen molar-refractivity contribution in [3.63, 3.8) is 0 Å². The molecule has 4 aromatic rings. The highest BCUT2D eigenvalue weighted by Crippen LogP contribution is 2.23. The lowest BCUT2D eigenvalue weighted by atomic mass is 10.2. The lowest BCUT2D eigenvalue weighted by Crippen LogP contribution is -2.41. The molecule has 0 spiro atoms. The molecule has 2 heterocycles. The topological polar surface area (TPSA) is 234 Å². The lowest BCUT2D eigenvalue weighted by molar-refractivity contribution is -0.146. The zero-order chi connectivity index (χ0) is 42.3. The van der Waals surface area contributed by atoms with Crippen LogP contribution >= 0.6 is 34.3 Å². The van der Waals surface area contributed by atoms with E-state index in [1.807, 2.05) is 60.7 Å². The van der Waals surface area contributed by atoms with Gasteiger partial charge in [0.1, 0.15) is 19.3 Å². The summed E-state index contributed by atoms with van der Waals surface area (Å²) in [5.74, 6) is -1.20. The summed E-state index contributed by atoms with van der Waals surface area (Å²) in [6.45, 7) is 4.05. The Kier molecular flexibility index (Phi) is 21.0. The average molecular weight is 849 g/mol. The molecule has 57 heavy (non-hydrogen) atoms. The SMILES string of the molecule is CCOC(=O)C(N)c1csc(NC(=O)OCc2ccccc2)n1.CCOC(=O)C(NC(=O)N(C)C)c1csc(NC(=O)OCc2ccccc2)n1.CN(C)C(=O)Cl. The van der Waals surface area contributed by atoms with Crippen molar-refractivity contribution in [1.29, 1.82) is 0 Å². The number of nitrogens with zero attached hydrogens (tertiary/aromatic N) is 4. The van der Waals surface area contributed by atoms with Crippen LogP contribution in [0, 0.1) is 0 Å². The number of hydrogen-bond donors (Lipinski definition) is 4. The maximum atomic E-state index is 12.2. The van der Waals surface area contributed by atoms with E-state index in [1.54, 1.807) is 52.8 Å². The normalized spacial score (nSPS) is 11.0. The summed E-state index contributed by atoms with van der Waals surface area (Å²) in [7, 11) is 6.29. The highest BCUT2D eigenvalue weighted by Gasteiger charge is 2.28. The average Bonchev–Trinajstić information content (AvgIpc) is 3.86. The Balaban J connectivity index is 0.000000349. The third kappa shape index (κ3) is 18.1. The standard InChI is InChI=1S/C18H22N4O5S.C15H17N3O4S.C3H6ClNO/c1-4-26-15(23)14(20-17(24)22(2)3)13-11-28-16(19-13)21-18(25)27-10-12-8-6-5-7-9-12;1-2-21-13(19)12(16)11-9-23-14(17-11)18-15(20)22-8-10-6-4-3-5-7-10;1-5(2)3(4)6/h5-9,11,14H,4,10H2,1-3H3,(H,20,24)(H,19,21,25);3-7,9,12H,2,8,16H2,1H3,(H,17,18,20);1-2H3. The summed E-state index contributed by atoms with van der Waals surface area (Å²) in [5.41, 5.74) is 8.06. The fraction of sp³-hybridized carbons (Fsp3) is 0.333. The van der Waals surface area contributed by atoms with Gasteiger partial charge in [-0.3, -0.25) is 15.4 Å². The van der Waals surface area contributed by atoms with E-state index in [0.717, 1.165) is 33.8 Å². The summed E-state index contributed by atoms with van der Waals surface area (Å²) in [5, 5.41) is 10.8. The molecule has 2 aromatic heterocycles. The van der Waals surface area contributed by atoms with Gasteiger partial charge in [-0.05, 0) is 36.6 Å². The fourth-order valence-electron chi connectivity index (χ4n) is 3.74. The Morgan fingerprint density at radius 2 is 1.11 bits per heavy atom. The number of benzene rings is 2. The van der Waals surface area contributed by atoms with Crippen molar-refractivity contribution in [2.24, 2.45) is 5.73 Å². The number of halogens is 1. The summed E-state index contributed by atoms with van der Waals surface area (Å²) >= 11 is 7.16.